The first-order valence-electron chi connectivity index (χ1n) is 4.78. The van der Waals surface area contributed by atoms with Gasteiger partial charge >= 0.3 is 5.97 Å². The highest BCUT2D eigenvalue weighted by Gasteiger charge is 2.11. The van der Waals surface area contributed by atoms with Crippen LogP contribution in [0, 0.1) is 10.1 Å². The van der Waals surface area contributed by atoms with Gasteiger partial charge < -0.3 is 15.2 Å². The fourth-order valence-electron chi connectivity index (χ4n) is 1.32. The van der Waals surface area contributed by atoms with Crippen LogP contribution in [-0.4, -0.2) is 29.7 Å². The molecular formula is C10H12N2O5. The molecule has 0 aliphatic rings. The predicted molar refractivity (Wildman–Crippen MR) is 59.0 cm³/mol. The van der Waals surface area contributed by atoms with Crippen LogP contribution in [0.2, 0.25) is 0 Å². The molecule has 0 aliphatic heterocycles. The van der Waals surface area contributed by atoms with Gasteiger partial charge in [0.2, 0.25) is 0 Å². The molecule has 0 saturated carbocycles. The number of benzene rings is 1. The summed E-state index contributed by atoms with van der Waals surface area (Å²) in [5.41, 5.74) is 0.487. The van der Waals surface area contributed by atoms with Crippen molar-refractivity contribution < 1.29 is 19.6 Å². The molecule has 0 heterocycles. The van der Waals surface area contributed by atoms with E-state index in [1.54, 1.807) is 0 Å². The van der Waals surface area contributed by atoms with Crippen molar-refractivity contribution in [1.82, 2.24) is 5.32 Å². The number of non-ortho nitro benzene ring substituents is 1. The van der Waals surface area contributed by atoms with Crippen molar-refractivity contribution in [2.75, 3.05) is 13.7 Å². The first-order valence-corrected chi connectivity index (χ1v) is 4.78. The standard InChI is InChI=1S/C10H12N2O5/c1-17-9-3-2-8(12(15)16)4-7(9)5-11-6-10(13)14/h2-4,11H,5-6H2,1H3,(H,13,14). The molecule has 7 nitrogen and oxygen atoms in total. The Labute approximate surface area is 97.2 Å². The Morgan fingerprint density at radius 3 is 2.82 bits per heavy atom. The summed E-state index contributed by atoms with van der Waals surface area (Å²) in [6.45, 7) is -0.0248. The van der Waals surface area contributed by atoms with Gasteiger partial charge in [0.25, 0.3) is 5.69 Å². The Kier molecular flexibility index (Phi) is 4.41. The molecule has 0 aliphatic carbocycles. The van der Waals surface area contributed by atoms with Crippen molar-refractivity contribution in [3.63, 3.8) is 0 Å². The molecule has 7 heteroatoms. The average molecular weight is 240 g/mol. The van der Waals surface area contributed by atoms with Crippen LogP contribution < -0.4 is 10.1 Å². The molecule has 17 heavy (non-hydrogen) atoms. The second-order valence-electron chi connectivity index (χ2n) is 3.25. The van der Waals surface area contributed by atoms with Crippen LogP contribution in [0.4, 0.5) is 5.69 Å². The smallest absolute Gasteiger partial charge is 0.317 e. The maximum absolute atomic E-state index is 10.6. The van der Waals surface area contributed by atoms with E-state index in [1.807, 2.05) is 0 Å². The van der Waals surface area contributed by atoms with Crippen LogP contribution in [0.15, 0.2) is 18.2 Å². The lowest BCUT2D eigenvalue weighted by molar-refractivity contribution is -0.384. The number of nitrogens with zero attached hydrogens (tertiary/aromatic N) is 1. The summed E-state index contributed by atoms with van der Waals surface area (Å²) in [5, 5.41) is 21.7. The normalized spacial score (nSPS) is 9.94. The van der Waals surface area contributed by atoms with Gasteiger partial charge in [0, 0.05) is 24.2 Å². The molecule has 0 unspecified atom stereocenters. The van der Waals surface area contributed by atoms with E-state index < -0.39 is 10.9 Å². The Morgan fingerprint density at radius 1 is 1.59 bits per heavy atom. The van der Waals surface area contributed by atoms with Gasteiger partial charge in [-0.25, -0.2) is 0 Å². The predicted octanol–water partition coefficient (Wildman–Crippen LogP) is 0.778. The average Bonchev–Trinajstić information content (AvgIpc) is 2.28. The number of ether oxygens (including phenoxy) is 1. The number of methoxy groups -OCH3 is 1. The van der Waals surface area contributed by atoms with Gasteiger partial charge in [-0.05, 0) is 6.07 Å². The minimum atomic E-state index is -0.991. The van der Waals surface area contributed by atoms with E-state index in [0.717, 1.165) is 0 Å². The molecule has 0 aromatic heterocycles. The highest BCUT2D eigenvalue weighted by Crippen LogP contribution is 2.23. The molecule has 1 aromatic rings. The number of carboxylic acid groups (broad SMARTS) is 1. The highest BCUT2D eigenvalue weighted by molar-refractivity contribution is 5.69. The van der Waals surface area contributed by atoms with Crippen molar-refractivity contribution in [1.29, 1.82) is 0 Å². The number of nitrogens with one attached hydrogen (secondary N) is 1. The summed E-state index contributed by atoms with van der Waals surface area (Å²) in [6, 6.07) is 4.17. The molecule has 0 bridgehead atoms. The van der Waals surface area contributed by atoms with E-state index in [9.17, 15) is 14.9 Å². The lowest BCUT2D eigenvalue weighted by atomic mass is 10.1. The second kappa shape index (κ2) is 5.80. The number of hydrogen-bond donors (Lipinski definition) is 2. The molecule has 0 atom stereocenters. The number of nitro benzene ring substituents is 1. The van der Waals surface area contributed by atoms with Crippen LogP contribution >= 0.6 is 0 Å². The number of nitro groups is 1. The van der Waals surface area contributed by atoms with Crippen LogP contribution in [0.5, 0.6) is 5.75 Å². The van der Waals surface area contributed by atoms with Crippen LogP contribution in [0.25, 0.3) is 0 Å². The zero-order valence-corrected chi connectivity index (χ0v) is 9.17. The lowest BCUT2D eigenvalue weighted by Gasteiger charge is -2.08. The van der Waals surface area contributed by atoms with E-state index in [4.69, 9.17) is 9.84 Å². The summed E-state index contributed by atoms with van der Waals surface area (Å²) in [5.74, 6) is -0.511. The molecule has 0 spiro atoms. The molecule has 0 saturated heterocycles. The van der Waals surface area contributed by atoms with E-state index in [1.165, 1.54) is 25.3 Å². The second-order valence-corrected chi connectivity index (χ2v) is 3.25. The van der Waals surface area contributed by atoms with Crippen LogP contribution in [0.1, 0.15) is 5.56 Å². The summed E-state index contributed by atoms with van der Waals surface area (Å²) in [6.07, 6.45) is 0. The Balaban J connectivity index is 2.82. The molecule has 0 amide bonds. The van der Waals surface area contributed by atoms with Crippen LogP contribution in [0.3, 0.4) is 0 Å². The fourth-order valence-corrected chi connectivity index (χ4v) is 1.32. The topological polar surface area (TPSA) is 102 Å². The Bertz CT molecular complexity index is 433. The van der Waals surface area contributed by atoms with Crippen molar-refractivity contribution in [3.8, 4) is 5.75 Å². The first-order chi connectivity index (χ1) is 8.04. The largest absolute Gasteiger partial charge is 0.496 e. The molecule has 0 radical (unpaired) electrons. The summed E-state index contributed by atoms with van der Waals surface area (Å²) in [7, 11) is 1.45. The van der Waals surface area contributed by atoms with Gasteiger partial charge in [0.1, 0.15) is 5.75 Å². The minimum absolute atomic E-state index is 0.0575. The number of hydrogen-bond acceptors (Lipinski definition) is 5. The van der Waals surface area contributed by atoms with E-state index in [2.05, 4.69) is 5.32 Å². The first kappa shape index (κ1) is 12.9. The molecular weight excluding hydrogens is 228 g/mol. The summed E-state index contributed by atoms with van der Waals surface area (Å²) < 4.78 is 5.03. The van der Waals surface area contributed by atoms with Crippen molar-refractivity contribution in [3.05, 3.63) is 33.9 Å². The highest BCUT2D eigenvalue weighted by atomic mass is 16.6. The van der Waals surface area contributed by atoms with Gasteiger partial charge in [-0.2, -0.15) is 0 Å². The molecule has 1 rings (SSSR count). The van der Waals surface area contributed by atoms with Gasteiger partial charge in [0.05, 0.1) is 18.6 Å². The third-order valence-electron chi connectivity index (χ3n) is 2.07. The molecule has 1 aromatic carbocycles. The van der Waals surface area contributed by atoms with E-state index >= 15 is 0 Å². The van der Waals surface area contributed by atoms with Gasteiger partial charge in [-0.3, -0.25) is 14.9 Å². The minimum Gasteiger partial charge on any atom is -0.496 e. The molecule has 0 fully saturated rings. The molecule has 92 valence electrons. The zero-order valence-electron chi connectivity index (χ0n) is 9.17. The zero-order chi connectivity index (χ0) is 12.8. The number of carbonyl (C=O) groups is 1. The van der Waals surface area contributed by atoms with Gasteiger partial charge in [-0.1, -0.05) is 0 Å². The number of carboxylic acids is 1. The maximum Gasteiger partial charge on any atom is 0.317 e. The summed E-state index contributed by atoms with van der Waals surface area (Å²) in [4.78, 5) is 20.4. The number of rotatable bonds is 6. The van der Waals surface area contributed by atoms with Crippen molar-refractivity contribution >= 4 is 11.7 Å². The third kappa shape index (κ3) is 3.72. The number of aliphatic carboxylic acids is 1. The lowest BCUT2D eigenvalue weighted by Crippen LogP contribution is -2.22. The van der Waals surface area contributed by atoms with E-state index in [-0.39, 0.29) is 18.8 Å². The van der Waals surface area contributed by atoms with Gasteiger partial charge in [-0.15, -0.1) is 0 Å². The summed E-state index contributed by atoms with van der Waals surface area (Å²) >= 11 is 0. The Morgan fingerprint density at radius 2 is 2.29 bits per heavy atom. The SMILES string of the molecule is COc1ccc([N+](=O)[O-])cc1CNCC(=O)O. The Hall–Kier alpha value is -2.15. The van der Waals surface area contributed by atoms with Crippen molar-refractivity contribution in [2.24, 2.45) is 0 Å². The quantitative estimate of drug-likeness (QED) is 0.562. The van der Waals surface area contributed by atoms with Crippen LogP contribution in [-0.2, 0) is 11.3 Å². The fraction of sp³-hybridized carbons (Fsp3) is 0.300. The maximum atomic E-state index is 10.6. The van der Waals surface area contributed by atoms with E-state index in [0.29, 0.717) is 11.3 Å². The monoisotopic (exact) mass is 240 g/mol. The van der Waals surface area contributed by atoms with Crippen molar-refractivity contribution in [2.45, 2.75) is 6.54 Å². The third-order valence-corrected chi connectivity index (χ3v) is 2.07. The molecule has 2 N–H and O–H groups in total. The van der Waals surface area contributed by atoms with Gasteiger partial charge in [0.15, 0.2) is 0 Å².